The van der Waals surface area contributed by atoms with Gasteiger partial charge in [-0.1, -0.05) is 32.4 Å². The van der Waals surface area contributed by atoms with Crippen LogP contribution in [0.15, 0.2) is 12.1 Å². The normalized spacial score (nSPS) is 13.2. The van der Waals surface area contributed by atoms with Crippen LogP contribution in [0.2, 0.25) is 0 Å². The van der Waals surface area contributed by atoms with E-state index in [1.54, 1.807) is 13.0 Å². The van der Waals surface area contributed by atoms with E-state index < -0.39 is 12.1 Å². The van der Waals surface area contributed by atoms with Crippen LogP contribution in [0.5, 0.6) is 5.75 Å². The monoisotopic (exact) mass is 266 g/mol. The predicted octanol–water partition coefficient (Wildman–Crippen LogP) is 2.59. The number of benzene rings is 1. The standard InChI is InChI=1S/C15H22O4/c1-6-19-14(18)13(17)10-7-9(2)8-11(12(10)16)15(3,4)5/h7-8,13,16-17H,6H2,1-5H3. The van der Waals surface area contributed by atoms with E-state index in [0.717, 1.165) is 5.56 Å². The van der Waals surface area contributed by atoms with Crippen molar-refractivity contribution < 1.29 is 19.7 Å². The maximum Gasteiger partial charge on any atom is 0.339 e. The van der Waals surface area contributed by atoms with E-state index in [1.165, 1.54) is 0 Å². The highest BCUT2D eigenvalue weighted by molar-refractivity contribution is 5.77. The fourth-order valence-electron chi connectivity index (χ4n) is 1.94. The van der Waals surface area contributed by atoms with Crippen molar-refractivity contribution in [1.82, 2.24) is 0 Å². The van der Waals surface area contributed by atoms with Crippen molar-refractivity contribution in [2.75, 3.05) is 6.61 Å². The molecule has 0 heterocycles. The zero-order chi connectivity index (χ0) is 14.8. The number of aliphatic hydroxyl groups excluding tert-OH is 1. The Labute approximate surface area is 114 Å². The van der Waals surface area contributed by atoms with Crippen molar-refractivity contribution in [2.24, 2.45) is 0 Å². The second-order valence-corrected chi connectivity index (χ2v) is 5.65. The van der Waals surface area contributed by atoms with E-state index in [1.807, 2.05) is 33.8 Å². The Bertz CT molecular complexity index is 472. The summed E-state index contributed by atoms with van der Waals surface area (Å²) in [6.45, 7) is 9.60. The number of hydrogen-bond donors (Lipinski definition) is 2. The average Bonchev–Trinajstić information content (AvgIpc) is 2.29. The highest BCUT2D eigenvalue weighted by Crippen LogP contribution is 2.37. The van der Waals surface area contributed by atoms with Gasteiger partial charge in [0.05, 0.1) is 6.61 Å². The molecular weight excluding hydrogens is 244 g/mol. The van der Waals surface area contributed by atoms with Crippen LogP contribution < -0.4 is 0 Å². The molecule has 0 aliphatic rings. The maximum atomic E-state index is 11.6. The Hall–Kier alpha value is -1.55. The van der Waals surface area contributed by atoms with Crippen LogP contribution >= 0.6 is 0 Å². The molecule has 2 N–H and O–H groups in total. The van der Waals surface area contributed by atoms with E-state index in [-0.39, 0.29) is 23.3 Å². The highest BCUT2D eigenvalue weighted by atomic mass is 16.5. The van der Waals surface area contributed by atoms with Crippen molar-refractivity contribution in [3.05, 3.63) is 28.8 Å². The van der Waals surface area contributed by atoms with Crippen LogP contribution in [0.4, 0.5) is 0 Å². The lowest BCUT2D eigenvalue weighted by molar-refractivity contribution is -0.153. The van der Waals surface area contributed by atoms with Gasteiger partial charge in [0.1, 0.15) is 5.75 Å². The SMILES string of the molecule is CCOC(=O)C(O)c1cc(C)cc(C(C)(C)C)c1O. The first kappa shape index (κ1) is 15.5. The van der Waals surface area contributed by atoms with Crippen molar-refractivity contribution >= 4 is 5.97 Å². The number of aromatic hydroxyl groups is 1. The number of hydrogen-bond acceptors (Lipinski definition) is 4. The predicted molar refractivity (Wildman–Crippen MR) is 73.1 cm³/mol. The van der Waals surface area contributed by atoms with E-state index in [4.69, 9.17) is 4.74 Å². The van der Waals surface area contributed by atoms with Crippen LogP contribution in [-0.4, -0.2) is 22.8 Å². The maximum absolute atomic E-state index is 11.6. The molecule has 0 aliphatic carbocycles. The van der Waals surface area contributed by atoms with E-state index >= 15 is 0 Å². The summed E-state index contributed by atoms with van der Waals surface area (Å²) in [6, 6.07) is 3.46. The topological polar surface area (TPSA) is 66.8 Å². The lowest BCUT2D eigenvalue weighted by Crippen LogP contribution is -2.18. The highest BCUT2D eigenvalue weighted by Gasteiger charge is 2.27. The van der Waals surface area contributed by atoms with Gasteiger partial charge in [-0.2, -0.15) is 0 Å². The minimum absolute atomic E-state index is 0.0429. The number of aliphatic hydroxyl groups is 1. The molecule has 0 aliphatic heterocycles. The molecule has 4 nitrogen and oxygen atoms in total. The number of rotatable bonds is 3. The van der Waals surface area contributed by atoms with Gasteiger partial charge >= 0.3 is 5.97 Å². The summed E-state index contributed by atoms with van der Waals surface area (Å²) >= 11 is 0. The van der Waals surface area contributed by atoms with Crippen molar-refractivity contribution in [3.63, 3.8) is 0 Å². The zero-order valence-electron chi connectivity index (χ0n) is 12.2. The number of carbonyl (C=O) groups excluding carboxylic acids is 1. The minimum atomic E-state index is -1.46. The molecule has 1 unspecified atom stereocenters. The van der Waals surface area contributed by atoms with Gasteiger partial charge in [-0.15, -0.1) is 0 Å². The Kier molecular flexibility index (Phi) is 4.58. The van der Waals surface area contributed by atoms with E-state index in [0.29, 0.717) is 5.56 Å². The van der Waals surface area contributed by atoms with Gasteiger partial charge in [0.15, 0.2) is 6.10 Å². The molecule has 1 atom stereocenters. The Morgan fingerprint density at radius 1 is 1.37 bits per heavy atom. The van der Waals surface area contributed by atoms with Gasteiger partial charge in [0, 0.05) is 5.56 Å². The Morgan fingerprint density at radius 3 is 2.42 bits per heavy atom. The third kappa shape index (κ3) is 3.47. The van der Waals surface area contributed by atoms with Gasteiger partial charge in [-0.25, -0.2) is 4.79 Å². The number of esters is 1. The number of carbonyl (C=O) groups is 1. The van der Waals surface area contributed by atoms with Gasteiger partial charge in [-0.05, 0) is 30.9 Å². The molecule has 0 fully saturated rings. The molecule has 4 heteroatoms. The first-order chi connectivity index (χ1) is 8.68. The molecule has 0 saturated carbocycles. The molecule has 1 rings (SSSR count). The summed E-state index contributed by atoms with van der Waals surface area (Å²) in [5, 5.41) is 20.2. The molecular formula is C15H22O4. The van der Waals surface area contributed by atoms with Crippen LogP contribution in [0, 0.1) is 6.92 Å². The molecule has 106 valence electrons. The van der Waals surface area contributed by atoms with Crippen LogP contribution in [0.3, 0.4) is 0 Å². The summed E-state index contributed by atoms with van der Waals surface area (Å²) in [5.41, 5.74) is 1.49. The minimum Gasteiger partial charge on any atom is -0.507 e. The first-order valence-electron chi connectivity index (χ1n) is 6.37. The third-order valence-corrected chi connectivity index (χ3v) is 2.90. The number of ether oxygens (including phenoxy) is 1. The number of phenols is 1. The fourth-order valence-corrected chi connectivity index (χ4v) is 1.94. The molecule has 0 saturated heterocycles. The summed E-state index contributed by atoms with van der Waals surface area (Å²) in [5.74, 6) is -0.790. The summed E-state index contributed by atoms with van der Waals surface area (Å²) < 4.78 is 4.78. The molecule has 0 spiro atoms. The van der Waals surface area contributed by atoms with Crippen molar-refractivity contribution in [1.29, 1.82) is 0 Å². The molecule has 1 aromatic carbocycles. The summed E-state index contributed by atoms with van der Waals surface area (Å²) in [7, 11) is 0. The van der Waals surface area contributed by atoms with Crippen LogP contribution in [0.25, 0.3) is 0 Å². The summed E-state index contributed by atoms with van der Waals surface area (Å²) in [6.07, 6.45) is -1.46. The molecule has 19 heavy (non-hydrogen) atoms. The average molecular weight is 266 g/mol. The van der Waals surface area contributed by atoms with Gasteiger partial charge < -0.3 is 14.9 Å². The van der Waals surface area contributed by atoms with Gasteiger partial charge in [0.2, 0.25) is 0 Å². The smallest absolute Gasteiger partial charge is 0.339 e. The van der Waals surface area contributed by atoms with Gasteiger partial charge in [0.25, 0.3) is 0 Å². The third-order valence-electron chi connectivity index (χ3n) is 2.90. The quantitative estimate of drug-likeness (QED) is 0.825. The Balaban J connectivity index is 3.29. The number of aryl methyl sites for hydroxylation is 1. The lowest BCUT2D eigenvalue weighted by Gasteiger charge is -2.24. The molecule has 0 amide bonds. The van der Waals surface area contributed by atoms with E-state index in [2.05, 4.69) is 0 Å². The Morgan fingerprint density at radius 2 is 1.95 bits per heavy atom. The fraction of sp³-hybridized carbons (Fsp3) is 0.533. The lowest BCUT2D eigenvalue weighted by atomic mass is 9.83. The van der Waals surface area contributed by atoms with Crippen molar-refractivity contribution in [2.45, 2.75) is 46.1 Å². The van der Waals surface area contributed by atoms with E-state index in [9.17, 15) is 15.0 Å². The first-order valence-corrected chi connectivity index (χ1v) is 6.37. The molecule has 0 bridgehead atoms. The number of phenolic OH excluding ortho intramolecular Hbond substituents is 1. The second-order valence-electron chi connectivity index (χ2n) is 5.65. The molecule has 0 aromatic heterocycles. The van der Waals surface area contributed by atoms with Crippen LogP contribution in [0.1, 0.15) is 50.5 Å². The van der Waals surface area contributed by atoms with Crippen molar-refractivity contribution in [3.8, 4) is 5.75 Å². The second kappa shape index (κ2) is 5.61. The largest absolute Gasteiger partial charge is 0.507 e. The molecule has 1 aromatic rings. The molecule has 0 radical (unpaired) electrons. The van der Waals surface area contributed by atoms with Crippen LogP contribution in [-0.2, 0) is 14.9 Å². The zero-order valence-corrected chi connectivity index (χ0v) is 12.2. The van der Waals surface area contributed by atoms with Gasteiger partial charge in [-0.3, -0.25) is 0 Å². The summed E-state index contributed by atoms with van der Waals surface area (Å²) in [4.78, 5) is 11.6.